The summed E-state index contributed by atoms with van der Waals surface area (Å²) in [6, 6.07) is 6.43. The molecule has 5 nitrogen and oxygen atoms in total. The molecule has 116 valence electrons. The third-order valence-electron chi connectivity index (χ3n) is 3.12. The van der Waals surface area contributed by atoms with E-state index in [0.29, 0.717) is 23.6 Å². The molecule has 0 spiro atoms. The van der Waals surface area contributed by atoms with Crippen LogP contribution in [0.15, 0.2) is 24.3 Å². The van der Waals surface area contributed by atoms with Gasteiger partial charge in [-0.25, -0.2) is 4.79 Å². The SMILES string of the molecule is CC(C)(C)OC1CCC(O)N1C(=O)Nc1ccc(Cl)cc1. The summed E-state index contributed by atoms with van der Waals surface area (Å²) in [5, 5.41) is 13.4. The first kappa shape index (κ1) is 16.1. The molecule has 1 fully saturated rings. The van der Waals surface area contributed by atoms with Gasteiger partial charge in [0.05, 0.1) is 5.60 Å². The molecule has 0 radical (unpaired) electrons. The maximum atomic E-state index is 12.3. The van der Waals surface area contributed by atoms with Gasteiger partial charge in [0.15, 0.2) is 0 Å². The molecular formula is C15H21ClN2O3. The number of aliphatic hydroxyl groups excluding tert-OH is 1. The molecule has 2 atom stereocenters. The average Bonchev–Trinajstić information content (AvgIpc) is 2.71. The van der Waals surface area contributed by atoms with Gasteiger partial charge in [-0.15, -0.1) is 0 Å². The topological polar surface area (TPSA) is 61.8 Å². The molecule has 1 aliphatic heterocycles. The van der Waals surface area contributed by atoms with Crippen molar-refractivity contribution in [1.82, 2.24) is 4.90 Å². The Morgan fingerprint density at radius 3 is 2.52 bits per heavy atom. The first-order valence-electron chi connectivity index (χ1n) is 6.97. The summed E-state index contributed by atoms with van der Waals surface area (Å²) in [4.78, 5) is 13.7. The number of carbonyl (C=O) groups is 1. The molecule has 0 aromatic heterocycles. The van der Waals surface area contributed by atoms with E-state index in [2.05, 4.69) is 5.32 Å². The van der Waals surface area contributed by atoms with E-state index < -0.39 is 12.5 Å². The van der Waals surface area contributed by atoms with Gasteiger partial charge in [-0.05, 0) is 57.9 Å². The highest BCUT2D eigenvalue weighted by atomic mass is 35.5. The summed E-state index contributed by atoms with van der Waals surface area (Å²) >= 11 is 5.81. The number of hydrogen-bond acceptors (Lipinski definition) is 3. The monoisotopic (exact) mass is 312 g/mol. The van der Waals surface area contributed by atoms with Gasteiger partial charge in [0, 0.05) is 10.7 Å². The van der Waals surface area contributed by atoms with Gasteiger partial charge in [0.2, 0.25) is 0 Å². The van der Waals surface area contributed by atoms with Crippen molar-refractivity contribution in [2.45, 2.75) is 51.7 Å². The van der Waals surface area contributed by atoms with Crippen LogP contribution in [-0.2, 0) is 4.74 Å². The van der Waals surface area contributed by atoms with Crippen LogP contribution in [0.1, 0.15) is 33.6 Å². The Morgan fingerprint density at radius 2 is 1.95 bits per heavy atom. The van der Waals surface area contributed by atoms with Crippen molar-refractivity contribution in [3.05, 3.63) is 29.3 Å². The number of benzene rings is 1. The number of anilines is 1. The van der Waals surface area contributed by atoms with Crippen LogP contribution in [0.4, 0.5) is 10.5 Å². The molecule has 1 aromatic carbocycles. The number of likely N-dealkylation sites (tertiary alicyclic amines) is 1. The van der Waals surface area contributed by atoms with E-state index in [9.17, 15) is 9.90 Å². The predicted molar refractivity (Wildman–Crippen MR) is 82.2 cm³/mol. The lowest BCUT2D eigenvalue weighted by Gasteiger charge is -2.32. The van der Waals surface area contributed by atoms with Crippen molar-refractivity contribution in [3.8, 4) is 0 Å². The summed E-state index contributed by atoms with van der Waals surface area (Å²) in [7, 11) is 0. The van der Waals surface area contributed by atoms with E-state index in [4.69, 9.17) is 16.3 Å². The van der Waals surface area contributed by atoms with E-state index >= 15 is 0 Å². The van der Waals surface area contributed by atoms with Gasteiger partial charge in [0.1, 0.15) is 12.5 Å². The Labute approximate surface area is 129 Å². The molecule has 2 unspecified atom stereocenters. The van der Waals surface area contributed by atoms with E-state index in [1.54, 1.807) is 24.3 Å². The second-order valence-electron chi connectivity index (χ2n) is 6.09. The lowest BCUT2D eigenvalue weighted by atomic mass is 10.2. The Morgan fingerprint density at radius 1 is 1.33 bits per heavy atom. The van der Waals surface area contributed by atoms with Crippen LogP contribution in [0.3, 0.4) is 0 Å². The fourth-order valence-electron chi connectivity index (χ4n) is 2.27. The van der Waals surface area contributed by atoms with E-state index in [-0.39, 0.29) is 11.6 Å². The van der Waals surface area contributed by atoms with Crippen LogP contribution in [-0.4, -0.2) is 34.1 Å². The van der Waals surface area contributed by atoms with Crippen molar-refractivity contribution < 1.29 is 14.6 Å². The van der Waals surface area contributed by atoms with E-state index in [1.165, 1.54) is 4.90 Å². The zero-order chi connectivity index (χ0) is 15.6. The van der Waals surface area contributed by atoms with Crippen molar-refractivity contribution >= 4 is 23.3 Å². The Bertz CT molecular complexity index is 499. The molecule has 0 aliphatic carbocycles. The van der Waals surface area contributed by atoms with Crippen LogP contribution in [0.25, 0.3) is 0 Å². The van der Waals surface area contributed by atoms with Crippen molar-refractivity contribution in [3.63, 3.8) is 0 Å². The highest BCUT2D eigenvalue weighted by Gasteiger charge is 2.38. The smallest absolute Gasteiger partial charge is 0.325 e. The number of urea groups is 1. The quantitative estimate of drug-likeness (QED) is 0.879. The second-order valence-corrected chi connectivity index (χ2v) is 6.52. The van der Waals surface area contributed by atoms with Gasteiger partial charge in [-0.1, -0.05) is 11.6 Å². The number of hydrogen-bond donors (Lipinski definition) is 2. The minimum atomic E-state index is -0.829. The minimum absolute atomic E-state index is 0.378. The number of rotatable bonds is 2. The van der Waals surface area contributed by atoms with Gasteiger partial charge in [-0.2, -0.15) is 0 Å². The summed E-state index contributed by atoms with van der Waals surface area (Å²) in [6.07, 6.45) is -0.127. The van der Waals surface area contributed by atoms with Crippen LogP contribution in [0.2, 0.25) is 5.02 Å². The highest BCUT2D eigenvalue weighted by molar-refractivity contribution is 6.30. The number of carbonyl (C=O) groups excluding carboxylic acids is 1. The summed E-state index contributed by atoms with van der Waals surface area (Å²) in [5.74, 6) is 0. The van der Waals surface area contributed by atoms with Gasteiger partial charge in [0.25, 0.3) is 0 Å². The molecule has 2 rings (SSSR count). The Balaban J connectivity index is 2.06. The molecule has 1 aromatic rings. The maximum Gasteiger partial charge on any atom is 0.325 e. The molecule has 1 aliphatic rings. The fraction of sp³-hybridized carbons (Fsp3) is 0.533. The number of ether oxygens (including phenoxy) is 1. The largest absolute Gasteiger partial charge is 0.373 e. The number of nitrogens with zero attached hydrogens (tertiary/aromatic N) is 1. The normalized spacial score (nSPS) is 22.4. The van der Waals surface area contributed by atoms with Crippen molar-refractivity contribution in [1.29, 1.82) is 0 Å². The molecule has 2 amide bonds. The average molecular weight is 313 g/mol. The third kappa shape index (κ3) is 4.33. The molecule has 0 saturated carbocycles. The zero-order valence-corrected chi connectivity index (χ0v) is 13.2. The standard InChI is InChI=1S/C15H21ClN2O3/c1-15(2,3)21-13-9-8-12(19)18(13)14(20)17-11-6-4-10(16)5-7-11/h4-7,12-13,19H,8-9H2,1-3H3,(H,17,20). The van der Waals surface area contributed by atoms with E-state index in [0.717, 1.165) is 0 Å². The fourth-order valence-corrected chi connectivity index (χ4v) is 2.40. The lowest BCUT2D eigenvalue weighted by Crippen LogP contribution is -2.47. The number of halogens is 1. The molecule has 21 heavy (non-hydrogen) atoms. The Kier molecular flexibility index (Phi) is 4.76. The third-order valence-corrected chi connectivity index (χ3v) is 3.37. The molecule has 2 N–H and O–H groups in total. The first-order valence-corrected chi connectivity index (χ1v) is 7.35. The lowest BCUT2D eigenvalue weighted by molar-refractivity contribution is -0.123. The molecule has 1 saturated heterocycles. The van der Waals surface area contributed by atoms with Crippen LogP contribution in [0.5, 0.6) is 0 Å². The molecule has 0 bridgehead atoms. The number of aliphatic hydroxyl groups is 1. The predicted octanol–water partition coefficient (Wildman–Crippen LogP) is 3.43. The van der Waals surface area contributed by atoms with E-state index in [1.807, 2.05) is 20.8 Å². The summed E-state index contributed by atoms with van der Waals surface area (Å²) in [5.41, 5.74) is 0.242. The second kappa shape index (κ2) is 6.22. The summed E-state index contributed by atoms with van der Waals surface area (Å²) < 4.78 is 5.84. The van der Waals surface area contributed by atoms with Gasteiger partial charge >= 0.3 is 6.03 Å². The Hall–Kier alpha value is -1.30. The van der Waals surface area contributed by atoms with Crippen LogP contribution in [0, 0.1) is 0 Å². The number of amides is 2. The minimum Gasteiger partial charge on any atom is -0.373 e. The van der Waals surface area contributed by atoms with Crippen LogP contribution < -0.4 is 5.32 Å². The van der Waals surface area contributed by atoms with Gasteiger partial charge < -0.3 is 15.2 Å². The maximum absolute atomic E-state index is 12.3. The molecule has 1 heterocycles. The number of nitrogens with one attached hydrogen (secondary N) is 1. The van der Waals surface area contributed by atoms with Gasteiger partial charge in [-0.3, -0.25) is 4.90 Å². The highest BCUT2D eigenvalue weighted by Crippen LogP contribution is 2.28. The zero-order valence-electron chi connectivity index (χ0n) is 12.5. The molecule has 6 heteroatoms. The summed E-state index contributed by atoms with van der Waals surface area (Å²) in [6.45, 7) is 5.77. The first-order chi connectivity index (χ1) is 9.76. The van der Waals surface area contributed by atoms with Crippen LogP contribution >= 0.6 is 11.6 Å². The van der Waals surface area contributed by atoms with Crippen molar-refractivity contribution in [2.24, 2.45) is 0 Å². The molecular weight excluding hydrogens is 292 g/mol. The van der Waals surface area contributed by atoms with Crippen molar-refractivity contribution in [2.75, 3.05) is 5.32 Å².